The Balaban J connectivity index is 1.92. The smallest absolute Gasteiger partial charge is 0.336 e. The number of hydrogen-bond donors (Lipinski definition) is 4. The molecule has 43 heavy (non-hydrogen) atoms. The van der Waals surface area contributed by atoms with Gasteiger partial charge in [0.05, 0.1) is 11.1 Å². The maximum atomic E-state index is 12.3. The van der Waals surface area contributed by atoms with Crippen molar-refractivity contribution in [1.82, 2.24) is 0 Å². The van der Waals surface area contributed by atoms with Gasteiger partial charge in [0.2, 0.25) is 0 Å². The first kappa shape index (κ1) is 32.0. The van der Waals surface area contributed by atoms with E-state index in [9.17, 15) is 30.0 Å². The predicted molar refractivity (Wildman–Crippen MR) is 177 cm³/mol. The average molecular weight is 617 g/mol. The van der Waals surface area contributed by atoms with E-state index >= 15 is 0 Å². The minimum Gasteiger partial charge on any atom is -0.507 e. The molecule has 1 atom stereocenters. The van der Waals surface area contributed by atoms with Crippen molar-refractivity contribution in [3.8, 4) is 11.5 Å². The van der Waals surface area contributed by atoms with E-state index in [1.807, 2.05) is 39.8 Å². The fourth-order valence-electron chi connectivity index (χ4n) is 5.76. The molecule has 0 fully saturated rings. The van der Waals surface area contributed by atoms with Crippen LogP contribution in [-0.2, 0) is 25.7 Å². The molecule has 1 heterocycles. The van der Waals surface area contributed by atoms with Crippen molar-refractivity contribution in [2.75, 3.05) is 0 Å². The number of phenols is 2. The number of carboxylic acids is 2. The number of allylic oxidation sites excluding steroid dienone is 2. The Morgan fingerprint density at radius 1 is 0.837 bits per heavy atom. The van der Waals surface area contributed by atoms with Gasteiger partial charge in [-0.25, -0.2) is 9.59 Å². The molecule has 4 N–H and O–H groups in total. The van der Waals surface area contributed by atoms with Crippen LogP contribution in [0.2, 0.25) is 0 Å². The normalized spacial score (nSPS) is 14.7. The molecule has 1 unspecified atom stereocenters. The molecule has 6 nitrogen and oxygen atoms in total. The Bertz CT molecular complexity index is 1680. The van der Waals surface area contributed by atoms with Crippen molar-refractivity contribution in [3.05, 3.63) is 122 Å². The molecule has 0 saturated heterocycles. The summed E-state index contributed by atoms with van der Waals surface area (Å²) in [6, 6.07) is 8.04. The van der Waals surface area contributed by atoms with Crippen LogP contribution < -0.4 is 0 Å². The highest BCUT2D eigenvalue weighted by Crippen LogP contribution is 2.55. The van der Waals surface area contributed by atoms with Crippen LogP contribution in [0.3, 0.4) is 0 Å². The van der Waals surface area contributed by atoms with Crippen molar-refractivity contribution in [3.63, 3.8) is 0 Å². The molecular formula is C35H36O6S2. The molecule has 0 saturated carbocycles. The fourth-order valence-corrected chi connectivity index (χ4v) is 8.96. The van der Waals surface area contributed by atoms with E-state index < -0.39 is 11.9 Å². The van der Waals surface area contributed by atoms with Gasteiger partial charge in [-0.2, -0.15) is 0 Å². The number of benzene rings is 3. The summed E-state index contributed by atoms with van der Waals surface area (Å²) >= 11 is 0. The monoisotopic (exact) mass is 616 g/mol. The number of carbonyl (C=O) groups is 2. The van der Waals surface area contributed by atoms with Gasteiger partial charge in [-0.1, -0.05) is 45.9 Å². The van der Waals surface area contributed by atoms with E-state index in [1.54, 1.807) is 22.9 Å². The first-order chi connectivity index (χ1) is 20.4. The molecule has 1 aliphatic heterocycles. The Morgan fingerprint density at radius 3 is 1.93 bits per heavy atom. The highest BCUT2D eigenvalue weighted by Gasteiger charge is 2.33. The second-order valence-electron chi connectivity index (χ2n) is 10.9. The van der Waals surface area contributed by atoms with E-state index in [4.69, 9.17) is 0 Å². The predicted octanol–water partition coefficient (Wildman–Crippen LogP) is 8.14. The number of rotatable bonds is 11. The van der Waals surface area contributed by atoms with Gasteiger partial charge in [-0.05, 0) is 122 Å². The summed E-state index contributed by atoms with van der Waals surface area (Å²) in [5, 5.41) is 41.6. The minimum absolute atomic E-state index is 0.00843. The topological polar surface area (TPSA) is 115 Å². The van der Waals surface area contributed by atoms with Crippen molar-refractivity contribution < 1.29 is 30.0 Å². The fraction of sp³-hybridized carbons (Fsp3) is 0.257. The second-order valence-corrected chi connectivity index (χ2v) is 13.3. The van der Waals surface area contributed by atoms with E-state index in [0.717, 1.165) is 50.1 Å². The third-order valence-electron chi connectivity index (χ3n) is 8.11. The third-order valence-corrected chi connectivity index (χ3v) is 11.0. The van der Waals surface area contributed by atoms with Crippen LogP contribution in [0, 0.1) is 27.7 Å². The molecule has 0 radical (unpaired) electrons. The molecule has 0 aromatic heterocycles. The van der Waals surface area contributed by atoms with Crippen molar-refractivity contribution >= 4 is 38.4 Å². The number of carboxylic acid groups (broad SMARTS) is 2. The zero-order chi connectivity index (χ0) is 31.6. The van der Waals surface area contributed by atoms with Crippen LogP contribution in [-0.4, -0.2) is 37.6 Å². The van der Waals surface area contributed by atoms with Crippen LogP contribution in [0.25, 0.3) is 4.91 Å². The lowest BCUT2D eigenvalue weighted by Crippen LogP contribution is -2.14. The van der Waals surface area contributed by atoms with E-state index in [0.29, 0.717) is 36.2 Å². The summed E-state index contributed by atoms with van der Waals surface area (Å²) in [6.45, 7) is 15.4. The second kappa shape index (κ2) is 13.2. The molecule has 1 aliphatic rings. The molecule has 3 aromatic carbocycles. The highest BCUT2D eigenvalue weighted by molar-refractivity contribution is 8.80. The zero-order valence-electron chi connectivity index (χ0n) is 24.8. The number of phenolic OH excluding ortho intramolecular Hbond substituents is 2. The Labute approximate surface area is 260 Å². The van der Waals surface area contributed by atoms with Crippen LogP contribution >= 0.6 is 21.6 Å². The third kappa shape index (κ3) is 6.40. The lowest BCUT2D eigenvalue weighted by molar-refractivity contribution is 0.0681. The standard InChI is InChI=1S/C35H36O6S2/c1-7-9-22-13-18(3)26(20(5)31(22)36)16-29-30(17-27-19(4)14-23(10-8-2)32(37)21(27)6)42-43-33(29)28-15-24(34(38)39)11-12-25(28)35(40)41/h7-8,11-15,30,36-37H,1-2,9-10,16-17H2,3-6H3,(H,38,39)(H,40,41). The Morgan fingerprint density at radius 2 is 1.40 bits per heavy atom. The molecule has 0 bridgehead atoms. The zero-order valence-corrected chi connectivity index (χ0v) is 26.4. The van der Waals surface area contributed by atoms with Gasteiger partial charge >= 0.3 is 11.9 Å². The Kier molecular flexibility index (Phi) is 9.82. The SMILES string of the molecule is C=CCc1cc(C)c(CC2=C(c3cc(C(=O)O)ccc3C(=O)O)SSC2Cc2c(C)cc(CC=C)c(O)c2C)c(C)c1O. The number of hydrogen-bond acceptors (Lipinski definition) is 6. The molecule has 0 amide bonds. The molecule has 3 aromatic rings. The van der Waals surface area contributed by atoms with Gasteiger partial charge in [-0.15, -0.1) is 13.2 Å². The number of aromatic carboxylic acids is 2. The van der Waals surface area contributed by atoms with Gasteiger partial charge in [0, 0.05) is 15.7 Å². The quantitative estimate of drug-likeness (QED) is 0.126. The van der Waals surface area contributed by atoms with Crippen LogP contribution in [0.4, 0.5) is 0 Å². The summed E-state index contributed by atoms with van der Waals surface area (Å²) in [6.07, 6.45) is 5.61. The summed E-state index contributed by atoms with van der Waals surface area (Å²) in [5.41, 5.74) is 8.51. The van der Waals surface area contributed by atoms with Crippen molar-refractivity contribution in [2.24, 2.45) is 0 Å². The molecule has 0 aliphatic carbocycles. The molecule has 4 rings (SSSR count). The highest BCUT2D eigenvalue weighted by atomic mass is 33.1. The summed E-state index contributed by atoms with van der Waals surface area (Å²) in [4.78, 5) is 24.9. The van der Waals surface area contributed by atoms with Crippen LogP contribution in [0.15, 0.2) is 61.2 Å². The van der Waals surface area contributed by atoms with Crippen molar-refractivity contribution in [2.45, 2.75) is 58.6 Å². The molecular weight excluding hydrogens is 581 g/mol. The summed E-state index contributed by atoms with van der Waals surface area (Å²) in [7, 11) is 3.04. The molecule has 224 valence electrons. The van der Waals surface area contributed by atoms with Crippen LogP contribution in [0.1, 0.15) is 70.8 Å². The van der Waals surface area contributed by atoms with Crippen LogP contribution in [0.5, 0.6) is 11.5 Å². The van der Waals surface area contributed by atoms with Gasteiger partial charge in [-0.3, -0.25) is 0 Å². The minimum atomic E-state index is -1.14. The number of aromatic hydroxyl groups is 2. The van der Waals surface area contributed by atoms with Crippen molar-refractivity contribution in [1.29, 1.82) is 0 Å². The lowest BCUT2D eigenvalue weighted by Gasteiger charge is -2.22. The summed E-state index contributed by atoms with van der Waals surface area (Å²) < 4.78 is 0. The van der Waals surface area contributed by atoms with E-state index in [1.165, 1.54) is 29.0 Å². The summed E-state index contributed by atoms with van der Waals surface area (Å²) in [5.74, 6) is -1.81. The van der Waals surface area contributed by atoms with Gasteiger partial charge in [0.25, 0.3) is 0 Å². The molecule has 8 heteroatoms. The maximum Gasteiger partial charge on any atom is 0.336 e. The van der Waals surface area contributed by atoms with E-state index in [2.05, 4.69) is 13.2 Å². The number of aryl methyl sites for hydroxylation is 2. The van der Waals surface area contributed by atoms with Gasteiger partial charge in [0.15, 0.2) is 0 Å². The first-order valence-electron chi connectivity index (χ1n) is 13.9. The first-order valence-corrected chi connectivity index (χ1v) is 16.1. The maximum absolute atomic E-state index is 12.3. The largest absolute Gasteiger partial charge is 0.507 e. The molecule has 0 spiro atoms. The Hall–Kier alpha value is -3.88. The average Bonchev–Trinajstić information content (AvgIpc) is 3.36. The lowest BCUT2D eigenvalue weighted by atomic mass is 9.86. The van der Waals surface area contributed by atoms with Gasteiger partial charge < -0.3 is 20.4 Å². The van der Waals surface area contributed by atoms with Gasteiger partial charge in [0.1, 0.15) is 11.5 Å². The van der Waals surface area contributed by atoms with E-state index in [-0.39, 0.29) is 27.9 Å².